The van der Waals surface area contributed by atoms with Gasteiger partial charge in [-0.05, 0) is 73.6 Å². The Morgan fingerprint density at radius 2 is 1.68 bits per heavy atom. The van der Waals surface area contributed by atoms with Gasteiger partial charge in [-0.2, -0.15) is 13.2 Å². The maximum Gasteiger partial charge on any atom is 0.416 e. The summed E-state index contributed by atoms with van der Waals surface area (Å²) in [7, 11) is 0. The fourth-order valence-electron chi connectivity index (χ4n) is 4.12. The van der Waals surface area contributed by atoms with Crippen molar-refractivity contribution in [3.63, 3.8) is 0 Å². The number of carboxylic acids is 1. The van der Waals surface area contributed by atoms with Crippen LogP contribution in [0.5, 0.6) is 5.75 Å². The number of aliphatic carboxylic acids is 1. The third-order valence-electron chi connectivity index (χ3n) is 6.32. The zero-order valence-electron chi connectivity index (χ0n) is 21.8. The second-order valence-corrected chi connectivity index (χ2v) is 9.32. The molecule has 0 aliphatic heterocycles. The summed E-state index contributed by atoms with van der Waals surface area (Å²) in [5.74, 6) is -0.640. The van der Waals surface area contributed by atoms with E-state index in [1.54, 1.807) is 54.6 Å². The minimum absolute atomic E-state index is 0.0766. The Morgan fingerprint density at radius 3 is 2.37 bits per heavy atom. The Balaban J connectivity index is 1.47. The molecule has 0 spiro atoms. The summed E-state index contributed by atoms with van der Waals surface area (Å²) in [6.45, 7) is -0.631. The van der Waals surface area contributed by atoms with Gasteiger partial charge < -0.3 is 14.7 Å². The number of carbonyl (C=O) groups is 2. The van der Waals surface area contributed by atoms with Crippen LogP contribution in [-0.2, 0) is 17.5 Å². The molecule has 0 radical (unpaired) electrons. The first-order chi connectivity index (χ1) is 18.6. The highest BCUT2D eigenvalue weighted by Gasteiger charge is 2.34. The van der Waals surface area contributed by atoms with E-state index in [-0.39, 0.29) is 18.4 Å². The van der Waals surface area contributed by atoms with Crippen molar-refractivity contribution in [2.75, 3.05) is 6.61 Å². The van der Waals surface area contributed by atoms with Gasteiger partial charge in [-0.3, -0.25) is 9.59 Å². The number of ether oxygens (including phenoxy) is 1. The van der Waals surface area contributed by atoms with Crippen LogP contribution in [0.4, 0.5) is 13.2 Å². The summed E-state index contributed by atoms with van der Waals surface area (Å²) in [6.07, 6.45) is -0.801. The smallest absolute Gasteiger partial charge is 0.416 e. The number of halogens is 3. The first-order valence-electron chi connectivity index (χ1n) is 13.2. The molecule has 1 fully saturated rings. The van der Waals surface area contributed by atoms with Gasteiger partial charge in [-0.15, -0.1) is 0 Å². The molecule has 1 saturated carbocycles. The first-order valence-corrected chi connectivity index (χ1v) is 12.6. The summed E-state index contributed by atoms with van der Waals surface area (Å²) in [5.41, 5.74) is 1.13. The van der Waals surface area contributed by atoms with Gasteiger partial charge in [-0.1, -0.05) is 42.5 Å². The Kier molecular flexibility index (Phi) is 8.26. The van der Waals surface area contributed by atoms with E-state index in [2.05, 4.69) is 0 Å². The van der Waals surface area contributed by atoms with Crippen LogP contribution < -0.4 is 4.74 Å². The van der Waals surface area contributed by atoms with Gasteiger partial charge >= 0.3 is 12.1 Å². The number of alkyl halides is 3. The molecule has 0 saturated heterocycles. The van der Waals surface area contributed by atoms with E-state index in [4.69, 9.17) is 11.2 Å². The molecule has 200 valence electrons. The number of rotatable bonds is 12. The number of carbonyl (C=O) groups excluding carboxylic acids is 1. The summed E-state index contributed by atoms with van der Waals surface area (Å²) >= 11 is 0. The normalized spacial score (nSPS) is 14.4. The molecule has 8 heteroatoms. The van der Waals surface area contributed by atoms with Crippen molar-refractivity contribution in [2.24, 2.45) is 0 Å². The molecule has 1 atom stereocenters. The molecular formula is C30H30F3NO4. The third kappa shape index (κ3) is 7.37. The van der Waals surface area contributed by atoms with Crippen LogP contribution >= 0.6 is 0 Å². The fourth-order valence-corrected chi connectivity index (χ4v) is 4.12. The van der Waals surface area contributed by atoms with Gasteiger partial charge in [0.15, 0.2) is 0 Å². The summed E-state index contributed by atoms with van der Waals surface area (Å²) in [4.78, 5) is 25.7. The highest BCUT2D eigenvalue weighted by molar-refractivity contribution is 5.95. The number of unbranched alkanes of at least 4 members (excludes halogenated alkanes) is 2. The van der Waals surface area contributed by atoms with Gasteiger partial charge in [-0.25, -0.2) is 0 Å². The number of benzene rings is 3. The first kappa shape index (κ1) is 25.8. The molecule has 1 aliphatic carbocycles. The predicted octanol–water partition coefficient (Wildman–Crippen LogP) is 7.20. The van der Waals surface area contributed by atoms with Crippen molar-refractivity contribution in [3.05, 3.63) is 89.5 Å². The van der Waals surface area contributed by atoms with Crippen LogP contribution in [0.25, 0.3) is 11.1 Å². The van der Waals surface area contributed by atoms with Crippen LogP contribution in [0, 0.1) is 0 Å². The minimum atomic E-state index is -4.44. The minimum Gasteiger partial charge on any atom is -0.493 e. The average molecular weight is 527 g/mol. The molecule has 0 aromatic heterocycles. The molecule has 0 bridgehead atoms. The second-order valence-electron chi connectivity index (χ2n) is 9.32. The molecule has 3 aromatic carbocycles. The number of hydrogen-bond donors (Lipinski definition) is 1. The average Bonchev–Trinajstić information content (AvgIpc) is 3.75. The quantitative estimate of drug-likeness (QED) is 0.254. The van der Waals surface area contributed by atoms with Gasteiger partial charge in [0.05, 0.1) is 13.5 Å². The second kappa shape index (κ2) is 12.2. The van der Waals surface area contributed by atoms with Gasteiger partial charge in [0.2, 0.25) is 0 Å². The standard InChI is InChI=1S/C30H30F3NO4/c31-30(32,33)25-9-6-8-23(19-25)21-12-14-22(15-13-21)29(37)34(26-16-17-26)20-24-7-3-4-10-27(24)38-18-5-1-2-11-28(35)36/h3-4,6-10,12-15,19,26H,1-2,5,11,16-18,20H2,(H,35,36)/i20D. The molecule has 5 nitrogen and oxygen atoms in total. The summed E-state index contributed by atoms with van der Waals surface area (Å²) in [6, 6.07) is 18.5. The Morgan fingerprint density at radius 1 is 0.947 bits per heavy atom. The van der Waals surface area contributed by atoms with Crippen LogP contribution in [0.15, 0.2) is 72.8 Å². The lowest BCUT2D eigenvalue weighted by molar-refractivity contribution is -0.138. The predicted molar refractivity (Wildman–Crippen MR) is 138 cm³/mol. The van der Waals surface area contributed by atoms with Crippen molar-refractivity contribution in [2.45, 2.75) is 57.3 Å². The van der Waals surface area contributed by atoms with Gasteiger partial charge in [0, 0.05) is 30.1 Å². The molecule has 1 unspecified atom stereocenters. The molecule has 1 N–H and O–H groups in total. The molecule has 0 heterocycles. The summed E-state index contributed by atoms with van der Waals surface area (Å²) < 4.78 is 54.2. The lowest BCUT2D eigenvalue weighted by Gasteiger charge is -2.24. The Labute approximate surface area is 221 Å². The van der Waals surface area contributed by atoms with E-state index in [1.165, 1.54) is 11.0 Å². The molecule has 38 heavy (non-hydrogen) atoms. The topological polar surface area (TPSA) is 66.8 Å². The van der Waals surface area contributed by atoms with Crippen LogP contribution in [0.2, 0.25) is 0 Å². The van der Waals surface area contributed by atoms with E-state index in [0.29, 0.717) is 53.9 Å². The maximum absolute atomic E-state index is 13.5. The molecule has 4 rings (SSSR count). The highest BCUT2D eigenvalue weighted by atomic mass is 19.4. The molecule has 1 amide bonds. The van der Waals surface area contributed by atoms with E-state index < -0.39 is 24.2 Å². The van der Waals surface area contributed by atoms with Crippen molar-refractivity contribution in [3.8, 4) is 16.9 Å². The van der Waals surface area contributed by atoms with Crippen molar-refractivity contribution < 1.29 is 34.0 Å². The zero-order valence-corrected chi connectivity index (χ0v) is 20.8. The molecule has 1 aliphatic rings. The van der Waals surface area contributed by atoms with E-state index in [1.807, 2.05) is 0 Å². The largest absolute Gasteiger partial charge is 0.493 e. The van der Waals surface area contributed by atoms with Crippen molar-refractivity contribution in [1.82, 2.24) is 4.90 Å². The number of carboxylic acid groups (broad SMARTS) is 1. The molecule has 3 aromatic rings. The van der Waals surface area contributed by atoms with Crippen LogP contribution in [-0.4, -0.2) is 34.5 Å². The third-order valence-corrected chi connectivity index (χ3v) is 6.32. The van der Waals surface area contributed by atoms with E-state index in [0.717, 1.165) is 25.0 Å². The number of para-hydroxylation sites is 1. The SMILES string of the molecule is [2H]C(c1ccccc1OCCCCCC(=O)O)N(C(=O)c1ccc(-c2cccc(C(F)(F)F)c2)cc1)C1CC1. The number of hydrogen-bond acceptors (Lipinski definition) is 3. The fraction of sp³-hybridized carbons (Fsp3) is 0.333. The summed E-state index contributed by atoms with van der Waals surface area (Å²) in [5, 5.41) is 8.76. The monoisotopic (exact) mass is 526 g/mol. The Bertz CT molecular complexity index is 1290. The van der Waals surface area contributed by atoms with Gasteiger partial charge in [0.25, 0.3) is 5.91 Å². The van der Waals surface area contributed by atoms with E-state index in [9.17, 15) is 22.8 Å². The zero-order chi connectivity index (χ0) is 28.0. The lowest BCUT2D eigenvalue weighted by Crippen LogP contribution is -2.32. The van der Waals surface area contributed by atoms with Crippen molar-refractivity contribution in [1.29, 1.82) is 0 Å². The number of nitrogens with zero attached hydrogens (tertiary/aromatic N) is 1. The lowest BCUT2D eigenvalue weighted by atomic mass is 10.0. The highest BCUT2D eigenvalue weighted by Crippen LogP contribution is 2.34. The van der Waals surface area contributed by atoms with Gasteiger partial charge in [0.1, 0.15) is 5.75 Å². The number of amides is 1. The molecular weight excluding hydrogens is 495 g/mol. The Hall–Kier alpha value is -3.81. The van der Waals surface area contributed by atoms with Crippen LogP contribution in [0.1, 0.15) is 61.4 Å². The van der Waals surface area contributed by atoms with E-state index >= 15 is 0 Å². The van der Waals surface area contributed by atoms with Crippen molar-refractivity contribution >= 4 is 11.9 Å². The maximum atomic E-state index is 13.5. The van der Waals surface area contributed by atoms with Crippen LogP contribution in [0.3, 0.4) is 0 Å².